The maximum Gasteiger partial charge on any atom is 0.431 e. The molecule has 126 valence electrons. The molecule has 9 heteroatoms. The van der Waals surface area contributed by atoms with E-state index >= 15 is 0 Å². The van der Waals surface area contributed by atoms with Crippen molar-refractivity contribution >= 4 is 29.1 Å². The molecule has 0 spiro atoms. The Morgan fingerprint density at radius 1 is 1.33 bits per heavy atom. The minimum Gasteiger partial charge on any atom is -0.284 e. The third kappa shape index (κ3) is 2.85. The van der Waals surface area contributed by atoms with E-state index in [1.54, 1.807) is 43.3 Å². The van der Waals surface area contributed by atoms with Gasteiger partial charge in [0.15, 0.2) is 7.05 Å². The van der Waals surface area contributed by atoms with Crippen LogP contribution in [0.3, 0.4) is 0 Å². The Morgan fingerprint density at radius 3 is 2.58 bits per heavy atom. The summed E-state index contributed by atoms with van der Waals surface area (Å²) in [6.07, 6.45) is 0.0530. The molecular weight excluding hydrogens is 336 g/mol. The second-order valence-corrected chi connectivity index (χ2v) is 6.10. The molecule has 1 aromatic heterocycles. The van der Waals surface area contributed by atoms with Crippen LogP contribution in [0.1, 0.15) is 12.1 Å². The van der Waals surface area contributed by atoms with Gasteiger partial charge in [0.05, 0.1) is 24.7 Å². The normalized spacial score (nSPS) is 18.0. The molecule has 0 aliphatic carbocycles. The first kappa shape index (κ1) is 16.4. The third-order valence-electron chi connectivity index (χ3n) is 4.05. The van der Waals surface area contributed by atoms with Crippen molar-refractivity contribution in [3.63, 3.8) is 0 Å². The molecule has 2 aromatic rings. The predicted octanol–water partition coefficient (Wildman–Crippen LogP) is 0.210. The van der Waals surface area contributed by atoms with E-state index in [4.69, 9.17) is 11.6 Å². The largest absolute Gasteiger partial charge is 0.431 e. The number of anilines is 1. The lowest BCUT2D eigenvalue weighted by Crippen LogP contribution is -2.44. The number of nitrogens with zero attached hydrogens (tertiary/aromatic N) is 3. The number of amides is 2. The third-order valence-corrected chi connectivity index (χ3v) is 4.31. The summed E-state index contributed by atoms with van der Waals surface area (Å²) < 4.78 is 6.13. The average Bonchev–Trinajstić information content (AvgIpc) is 3.02. The number of imide groups is 1. The zero-order chi connectivity index (χ0) is 17.4. The van der Waals surface area contributed by atoms with Gasteiger partial charge in [-0.05, 0) is 36.6 Å². The number of aromatic nitrogens is 2. The van der Waals surface area contributed by atoms with Crippen LogP contribution in [0.25, 0.3) is 0 Å². The Morgan fingerprint density at radius 2 is 2.00 bits per heavy atom. The fourth-order valence-electron chi connectivity index (χ4n) is 2.70. The van der Waals surface area contributed by atoms with E-state index in [2.05, 4.69) is 9.79 Å². The fraction of sp³-hybridized carbons (Fsp3) is 0.333. The molecule has 8 nitrogen and oxygen atoms in total. The van der Waals surface area contributed by atoms with Gasteiger partial charge in [0.2, 0.25) is 5.91 Å². The minimum absolute atomic E-state index is 0.0530. The van der Waals surface area contributed by atoms with Crippen LogP contribution < -0.4 is 15.2 Å². The number of aryl methyl sites for hydroxylation is 1. The van der Waals surface area contributed by atoms with E-state index in [9.17, 15) is 14.4 Å². The van der Waals surface area contributed by atoms with Crippen LogP contribution in [0.2, 0.25) is 5.02 Å². The lowest BCUT2D eigenvalue weighted by Gasteiger charge is -2.20. The molecule has 1 atom stereocenters. The van der Waals surface area contributed by atoms with Crippen LogP contribution in [0.4, 0.5) is 5.69 Å². The highest BCUT2D eigenvalue weighted by atomic mass is 35.5. The Hall–Kier alpha value is -2.45. The zero-order valence-corrected chi connectivity index (χ0v) is 13.9. The van der Waals surface area contributed by atoms with Crippen LogP contribution in [-0.4, -0.2) is 35.1 Å². The maximum absolute atomic E-state index is 12.7. The highest BCUT2D eigenvalue weighted by molar-refractivity contribution is 6.30. The van der Waals surface area contributed by atoms with E-state index < -0.39 is 11.7 Å². The second kappa shape index (κ2) is 6.21. The number of aromatic amines is 1. The summed E-state index contributed by atoms with van der Waals surface area (Å²) in [6.45, 7) is 0.181. The molecule has 1 N–H and O–H groups in total. The SMILES string of the molecule is CN(Cc1c(=O)o[nH][n+]1C)C1CC(=O)N(c2ccc(Cl)cc2)C1=O. The molecule has 1 unspecified atom stereocenters. The quantitative estimate of drug-likeness (QED) is 0.628. The van der Waals surface area contributed by atoms with Gasteiger partial charge < -0.3 is 0 Å². The molecule has 1 aliphatic heterocycles. The van der Waals surface area contributed by atoms with Crippen molar-refractivity contribution in [2.45, 2.75) is 19.0 Å². The molecular formula is C15H16ClN4O4+. The van der Waals surface area contributed by atoms with Crippen molar-refractivity contribution in [3.05, 3.63) is 45.4 Å². The van der Waals surface area contributed by atoms with Crippen LogP contribution in [0.15, 0.2) is 33.6 Å². The van der Waals surface area contributed by atoms with E-state index in [1.165, 1.54) is 4.68 Å². The summed E-state index contributed by atoms with van der Waals surface area (Å²) in [5, 5.41) is 2.95. The van der Waals surface area contributed by atoms with Crippen LogP contribution in [0, 0.1) is 0 Å². The fourth-order valence-corrected chi connectivity index (χ4v) is 2.83. The highest BCUT2D eigenvalue weighted by Gasteiger charge is 2.42. The molecule has 1 saturated heterocycles. The van der Waals surface area contributed by atoms with Crippen molar-refractivity contribution in [3.8, 4) is 0 Å². The van der Waals surface area contributed by atoms with E-state index in [0.29, 0.717) is 16.4 Å². The first-order chi connectivity index (χ1) is 11.4. The number of benzene rings is 1. The summed E-state index contributed by atoms with van der Waals surface area (Å²) in [6, 6.07) is 5.86. The van der Waals surface area contributed by atoms with Crippen LogP contribution in [0.5, 0.6) is 0 Å². The summed E-state index contributed by atoms with van der Waals surface area (Å²) in [5.41, 5.74) is 0.343. The van der Waals surface area contributed by atoms with Crippen molar-refractivity contribution in [1.29, 1.82) is 0 Å². The van der Waals surface area contributed by atoms with Gasteiger partial charge >= 0.3 is 11.3 Å². The van der Waals surface area contributed by atoms with E-state index in [0.717, 1.165) is 4.90 Å². The molecule has 1 aromatic carbocycles. The molecule has 2 amide bonds. The van der Waals surface area contributed by atoms with E-state index in [-0.39, 0.29) is 24.8 Å². The Labute approximate surface area is 142 Å². The lowest BCUT2D eigenvalue weighted by molar-refractivity contribution is -0.746. The van der Waals surface area contributed by atoms with Crippen molar-refractivity contribution < 1.29 is 18.8 Å². The monoisotopic (exact) mass is 351 g/mol. The summed E-state index contributed by atoms with van der Waals surface area (Å²) in [7, 11) is 3.32. The topological polar surface area (TPSA) is 90.5 Å². The second-order valence-electron chi connectivity index (χ2n) is 5.67. The molecule has 3 rings (SSSR count). The lowest BCUT2D eigenvalue weighted by atomic mass is 10.2. The maximum atomic E-state index is 12.7. The minimum atomic E-state index is -0.637. The number of hydrogen-bond acceptors (Lipinski definition) is 5. The van der Waals surface area contributed by atoms with Gasteiger partial charge in [-0.1, -0.05) is 16.3 Å². The van der Waals surface area contributed by atoms with Gasteiger partial charge in [0.1, 0.15) is 0 Å². The molecule has 24 heavy (non-hydrogen) atoms. The standard InChI is InChI=1S/C15H15ClN4O4/c1-18(8-12-15(23)24-17-19(12)2)11-7-13(21)20(14(11)22)10-5-3-9(16)4-6-10/h3-6,11H,7-8H2,1-2H3/p+1. The van der Waals surface area contributed by atoms with Crippen molar-refractivity contribution in [1.82, 2.24) is 10.2 Å². The first-order valence-corrected chi connectivity index (χ1v) is 7.65. The summed E-state index contributed by atoms with van der Waals surface area (Å²) in [5.74, 6) is -0.614. The Kier molecular flexibility index (Phi) is 4.25. The van der Waals surface area contributed by atoms with Gasteiger partial charge in [-0.25, -0.2) is 9.69 Å². The van der Waals surface area contributed by atoms with Gasteiger partial charge in [-0.2, -0.15) is 0 Å². The number of H-pyrrole nitrogens is 1. The Bertz CT molecular complexity index is 842. The zero-order valence-electron chi connectivity index (χ0n) is 13.2. The number of rotatable bonds is 4. The molecule has 0 saturated carbocycles. The van der Waals surface area contributed by atoms with Crippen molar-refractivity contribution in [2.75, 3.05) is 11.9 Å². The number of halogens is 1. The molecule has 1 aliphatic rings. The first-order valence-electron chi connectivity index (χ1n) is 7.27. The number of likely N-dealkylation sites (N-methyl/N-ethyl adjacent to an activating group) is 1. The summed E-state index contributed by atoms with van der Waals surface area (Å²) in [4.78, 5) is 39.4. The molecule has 0 bridgehead atoms. The number of carbonyl (C=O) groups is 2. The molecule has 0 radical (unpaired) electrons. The average molecular weight is 352 g/mol. The predicted molar refractivity (Wildman–Crippen MR) is 84.3 cm³/mol. The summed E-state index contributed by atoms with van der Waals surface area (Å²) >= 11 is 5.84. The molecule has 1 fully saturated rings. The number of carbonyl (C=O) groups excluding carboxylic acids is 2. The van der Waals surface area contributed by atoms with Gasteiger partial charge in [-0.3, -0.25) is 19.0 Å². The smallest absolute Gasteiger partial charge is 0.284 e. The highest BCUT2D eigenvalue weighted by Crippen LogP contribution is 2.26. The van der Waals surface area contributed by atoms with Crippen molar-refractivity contribution in [2.24, 2.45) is 7.05 Å². The molecule has 2 heterocycles. The van der Waals surface area contributed by atoms with Gasteiger partial charge in [0, 0.05) is 5.02 Å². The Balaban J connectivity index is 1.80. The van der Waals surface area contributed by atoms with E-state index in [1.807, 2.05) is 0 Å². The number of hydrogen-bond donors (Lipinski definition) is 1. The van der Waals surface area contributed by atoms with Gasteiger partial charge in [-0.15, -0.1) is 0 Å². The van der Waals surface area contributed by atoms with Gasteiger partial charge in [0.25, 0.3) is 5.91 Å². The van der Waals surface area contributed by atoms with Crippen LogP contribution in [-0.2, 0) is 23.2 Å². The van der Waals surface area contributed by atoms with Crippen LogP contribution >= 0.6 is 11.6 Å². The number of nitrogens with one attached hydrogen (secondary N) is 1.